The highest BCUT2D eigenvalue weighted by molar-refractivity contribution is 9.10. The van der Waals surface area contributed by atoms with E-state index in [1.54, 1.807) is 60.7 Å². The third-order valence-corrected chi connectivity index (χ3v) is 4.80. The topological polar surface area (TPSA) is 84.5 Å². The van der Waals surface area contributed by atoms with Crippen molar-refractivity contribution in [2.24, 2.45) is 0 Å². The molecule has 0 spiro atoms. The van der Waals surface area contributed by atoms with Crippen LogP contribution in [-0.2, 0) is 4.79 Å². The van der Waals surface area contributed by atoms with Gasteiger partial charge in [-0.1, -0.05) is 45.7 Å². The summed E-state index contributed by atoms with van der Waals surface area (Å²) in [5, 5.41) is 0.503. The maximum Gasteiger partial charge on any atom is 0.343 e. The molecule has 0 aliphatic heterocycles. The number of amides is 2. The van der Waals surface area contributed by atoms with Crippen LogP contribution in [0.25, 0.3) is 6.08 Å². The zero-order chi connectivity index (χ0) is 22.2. The number of benzene rings is 3. The van der Waals surface area contributed by atoms with Crippen LogP contribution < -0.4 is 15.6 Å². The fraction of sp³-hybridized carbons (Fsp3) is 0. The van der Waals surface area contributed by atoms with Gasteiger partial charge in [0.1, 0.15) is 5.75 Å². The quantitative estimate of drug-likeness (QED) is 0.229. The fourth-order valence-corrected chi connectivity index (χ4v) is 2.85. The summed E-state index contributed by atoms with van der Waals surface area (Å²) in [6.07, 6.45) is 2.70. The van der Waals surface area contributed by atoms with Gasteiger partial charge in [0.2, 0.25) is 0 Å². The van der Waals surface area contributed by atoms with Crippen molar-refractivity contribution < 1.29 is 19.1 Å². The molecular formula is C23H16BrClN2O4. The Bertz CT molecular complexity index is 1130. The number of hydrazine groups is 1. The zero-order valence-corrected chi connectivity index (χ0v) is 18.3. The van der Waals surface area contributed by atoms with Crippen LogP contribution in [-0.4, -0.2) is 17.8 Å². The first-order valence-corrected chi connectivity index (χ1v) is 10.2. The molecule has 0 bridgehead atoms. The largest absolute Gasteiger partial charge is 0.422 e. The smallest absolute Gasteiger partial charge is 0.343 e. The molecule has 0 unspecified atom stereocenters. The average molecular weight is 500 g/mol. The van der Waals surface area contributed by atoms with Gasteiger partial charge in [-0.2, -0.15) is 0 Å². The first-order chi connectivity index (χ1) is 14.9. The van der Waals surface area contributed by atoms with E-state index in [4.69, 9.17) is 16.3 Å². The third kappa shape index (κ3) is 6.53. The van der Waals surface area contributed by atoms with Crippen LogP contribution in [0.3, 0.4) is 0 Å². The first kappa shape index (κ1) is 22.3. The molecule has 2 amide bonds. The van der Waals surface area contributed by atoms with Crippen molar-refractivity contribution in [2.45, 2.75) is 0 Å². The fourth-order valence-electron chi connectivity index (χ4n) is 2.45. The van der Waals surface area contributed by atoms with Crippen LogP contribution >= 0.6 is 27.5 Å². The minimum absolute atomic E-state index is 0.296. The van der Waals surface area contributed by atoms with Gasteiger partial charge in [-0.3, -0.25) is 20.4 Å². The number of esters is 1. The highest BCUT2D eigenvalue weighted by Gasteiger charge is 2.11. The Labute approximate surface area is 192 Å². The molecule has 0 radical (unpaired) electrons. The highest BCUT2D eigenvalue weighted by atomic mass is 79.9. The minimum Gasteiger partial charge on any atom is -0.422 e. The normalized spacial score (nSPS) is 10.5. The standard InChI is InChI=1S/C23H16BrClN2O4/c24-18-10-5-17(6-11-18)23(30)31-20-4-2-1-3-15(20)9-14-21(28)26-27-22(29)16-7-12-19(25)13-8-16/h1-14H,(H,26,28)(H,27,29)/b14-9+. The van der Waals surface area contributed by atoms with E-state index in [0.29, 0.717) is 27.5 Å². The molecule has 0 aliphatic carbocycles. The number of hydrogen-bond donors (Lipinski definition) is 2. The van der Waals surface area contributed by atoms with Crippen molar-refractivity contribution >= 4 is 51.4 Å². The zero-order valence-electron chi connectivity index (χ0n) is 16.0. The number of carbonyl (C=O) groups is 3. The van der Waals surface area contributed by atoms with Gasteiger partial charge in [-0.15, -0.1) is 0 Å². The van der Waals surface area contributed by atoms with Crippen LogP contribution in [0.4, 0.5) is 0 Å². The van der Waals surface area contributed by atoms with E-state index in [9.17, 15) is 14.4 Å². The first-order valence-electron chi connectivity index (χ1n) is 9.03. The highest BCUT2D eigenvalue weighted by Crippen LogP contribution is 2.21. The third-order valence-electron chi connectivity index (χ3n) is 4.02. The summed E-state index contributed by atoms with van der Waals surface area (Å²) in [4.78, 5) is 36.4. The number of hydrogen-bond acceptors (Lipinski definition) is 4. The monoisotopic (exact) mass is 498 g/mol. The van der Waals surface area contributed by atoms with Gasteiger partial charge in [0.25, 0.3) is 11.8 Å². The van der Waals surface area contributed by atoms with Crippen molar-refractivity contribution in [1.82, 2.24) is 10.9 Å². The van der Waals surface area contributed by atoms with E-state index in [1.165, 1.54) is 24.3 Å². The van der Waals surface area contributed by atoms with Crippen molar-refractivity contribution in [3.8, 4) is 5.75 Å². The Kier molecular flexibility index (Phi) is 7.59. The molecule has 0 aromatic heterocycles. The average Bonchev–Trinajstić information content (AvgIpc) is 2.77. The van der Waals surface area contributed by atoms with E-state index in [2.05, 4.69) is 26.8 Å². The summed E-state index contributed by atoms with van der Waals surface area (Å²) in [6.45, 7) is 0. The van der Waals surface area contributed by atoms with Crippen molar-refractivity contribution in [3.63, 3.8) is 0 Å². The van der Waals surface area contributed by atoms with Gasteiger partial charge in [0.05, 0.1) is 5.56 Å². The molecule has 3 aromatic rings. The number of ether oxygens (including phenoxy) is 1. The van der Waals surface area contributed by atoms with Gasteiger partial charge in [-0.05, 0) is 60.7 Å². The summed E-state index contributed by atoms with van der Waals surface area (Å²) in [6, 6.07) is 19.8. The molecule has 8 heteroatoms. The number of rotatable bonds is 5. The summed E-state index contributed by atoms with van der Waals surface area (Å²) < 4.78 is 6.30. The van der Waals surface area contributed by atoms with Gasteiger partial charge in [-0.25, -0.2) is 4.79 Å². The maximum absolute atomic E-state index is 12.4. The van der Waals surface area contributed by atoms with E-state index in [1.807, 2.05) is 0 Å². The molecule has 31 heavy (non-hydrogen) atoms. The predicted molar refractivity (Wildman–Crippen MR) is 122 cm³/mol. The SMILES string of the molecule is O=C(/C=C/c1ccccc1OC(=O)c1ccc(Br)cc1)NNC(=O)c1ccc(Cl)cc1. The number of halogens is 2. The van der Waals surface area contributed by atoms with E-state index < -0.39 is 17.8 Å². The van der Waals surface area contributed by atoms with Crippen molar-refractivity contribution in [1.29, 1.82) is 0 Å². The van der Waals surface area contributed by atoms with Crippen molar-refractivity contribution in [2.75, 3.05) is 0 Å². The van der Waals surface area contributed by atoms with Crippen LogP contribution in [0.5, 0.6) is 5.75 Å². The van der Waals surface area contributed by atoms with Crippen LogP contribution in [0.2, 0.25) is 5.02 Å². The van der Waals surface area contributed by atoms with Crippen LogP contribution in [0, 0.1) is 0 Å². The lowest BCUT2D eigenvalue weighted by molar-refractivity contribution is -0.117. The second-order valence-electron chi connectivity index (χ2n) is 6.22. The van der Waals surface area contributed by atoms with Crippen molar-refractivity contribution in [3.05, 3.63) is 105 Å². The van der Waals surface area contributed by atoms with E-state index in [-0.39, 0.29) is 0 Å². The second-order valence-corrected chi connectivity index (χ2v) is 7.57. The molecule has 0 heterocycles. The minimum atomic E-state index is -0.559. The van der Waals surface area contributed by atoms with E-state index >= 15 is 0 Å². The lowest BCUT2D eigenvalue weighted by Crippen LogP contribution is -2.40. The molecular weight excluding hydrogens is 484 g/mol. The molecule has 0 atom stereocenters. The molecule has 0 saturated heterocycles. The summed E-state index contributed by atoms with van der Waals surface area (Å²) in [7, 11) is 0. The summed E-state index contributed by atoms with van der Waals surface area (Å²) in [5.74, 6) is -1.27. The lowest BCUT2D eigenvalue weighted by atomic mass is 10.2. The summed E-state index contributed by atoms with van der Waals surface area (Å²) >= 11 is 9.10. The Morgan fingerprint density at radius 3 is 2.19 bits per heavy atom. The van der Waals surface area contributed by atoms with Crippen LogP contribution in [0.15, 0.2) is 83.3 Å². The van der Waals surface area contributed by atoms with Gasteiger partial charge in [0.15, 0.2) is 0 Å². The Morgan fingerprint density at radius 1 is 0.839 bits per heavy atom. The van der Waals surface area contributed by atoms with Gasteiger partial charge < -0.3 is 4.74 Å². The van der Waals surface area contributed by atoms with Crippen LogP contribution in [0.1, 0.15) is 26.3 Å². The molecule has 0 fully saturated rings. The molecule has 0 aliphatic rings. The number of nitrogens with one attached hydrogen (secondary N) is 2. The maximum atomic E-state index is 12.4. The predicted octanol–water partition coefficient (Wildman–Crippen LogP) is 4.80. The molecule has 2 N–H and O–H groups in total. The molecule has 156 valence electrons. The number of carbonyl (C=O) groups excluding carboxylic acids is 3. The number of para-hydroxylation sites is 1. The molecule has 0 saturated carbocycles. The van der Waals surface area contributed by atoms with Gasteiger partial charge >= 0.3 is 5.97 Å². The van der Waals surface area contributed by atoms with E-state index in [0.717, 1.165) is 4.47 Å². The second kappa shape index (κ2) is 10.6. The lowest BCUT2D eigenvalue weighted by Gasteiger charge is -2.08. The molecule has 3 rings (SSSR count). The molecule has 6 nitrogen and oxygen atoms in total. The Hall–Kier alpha value is -3.42. The Balaban J connectivity index is 1.60. The molecule has 3 aromatic carbocycles. The Morgan fingerprint density at radius 2 is 1.48 bits per heavy atom. The summed E-state index contributed by atoms with van der Waals surface area (Å²) in [5.41, 5.74) is 5.85. The van der Waals surface area contributed by atoms with Gasteiger partial charge in [0, 0.05) is 26.7 Å².